The van der Waals surface area contributed by atoms with E-state index in [0.717, 1.165) is 24.2 Å². The largest absolute Gasteiger partial charge is 0.490 e. The molecule has 0 aliphatic heterocycles. The molecule has 0 bridgehead atoms. The number of benzene rings is 1. The van der Waals surface area contributed by atoms with Crippen molar-refractivity contribution < 1.29 is 13.7 Å². The Kier molecular flexibility index (Phi) is 6.90. The average molecular weight is 388 g/mol. The molecular formula is C21H29FN4O2. The highest BCUT2D eigenvalue weighted by atomic mass is 19.1. The van der Waals surface area contributed by atoms with Gasteiger partial charge in [0, 0.05) is 12.6 Å². The molecule has 1 unspecified atom stereocenters. The van der Waals surface area contributed by atoms with Gasteiger partial charge < -0.3 is 19.9 Å². The molecule has 1 fully saturated rings. The molecule has 7 heteroatoms. The van der Waals surface area contributed by atoms with Gasteiger partial charge in [-0.2, -0.15) is 0 Å². The number of aromatic nitrogens is 1. The highest BCUT2D eigenvalue weighted by molar-refractivity contribution is 5.80. The summed E-state index contributed by atoms with van der Waals surface area (Å²) in [5.74, 6) is 1.93. The summed E-state index contributed by atoms with van der Waals surface area (Å²) in [7, 11) is 0. The molecule has 28 heavy (non-hydrogen) atoms. The van der Waals surface area contributed by atoms with E-state index in [1.807, 2.05) is 32.9 Å². The highest BCUT2D eigenvalue weighted by Crippen LogP contribution is 2.30. The predicted octanol–water partition coefficient (Wildman–Crippen LogP) is 3.98. The fraction of sp³-hybridized carbons (Fsp3) is 0.524. The Morgan fingerprint density at radius 1 is 1.36 bits per heavy atom. The van der Waals surface area contributed by atoms with E-state index in [1.165, 1.54) is 18.9 Å². The van der Waals surface area contributed by atoms with Crippen LogP contribution in [0.1, 0.15) is 56.7 Å². The van der Waals surface area contributed by atoms with Gasteiger partial charge in [-0.1, -0.05) is 18.1 Å². The number of aliphatic imine (C=N–C) groups is 1. The maximum absolute atomic E-state index is 14.4. The second kappa shape index (κ2) is 9.57. The first-order chi connectivity index (χ1) is 13.6. The zero-order valence-corrected chi connectivity index (χ0v) is 16.8. The molecule has 1 aromatic heterocycles. The fourth-order valence-electron chi connectivity index (χ4n) is 2.76. The Morgan fingerprint density at radius 2 is 2.18 bits per heavy atom. The van der Waals surface area contributed by atoms with Crippen LogP contribution < -0.4 is 15.4 Å². The van der Waals surface area contributed by atoms with Crippen molar-refractivity contribution in [1.29, 1.82) is 0 Å². The van der Waals surface area contributed by atoms with Crippen molar-refractivity contribution in [2.75, 3.05) is 13.2 Å². The summed E-state index contributed by atoms with van der Waals surface area (Å²) >= 11 is 0. The average Bonchev–Trinajstić information content (AvgIpc) is 3.41. The minimum atomic E-state index is -0.331. The van der Waals surface area contributed by atoms with Crippen molar-refractivity contribution in [2.24, 2.45) is 10.9 Å². The van der Waals surface area contributed by atoms with E-state index in [1.54, 1.807) is 6.07 Å². The summed E-state index contributed by atoms with van der Waals surface area (Å²) in [6.45, 7) is 7.70. The topological polar surface area (TPSA) is 71.7 Å². The minimum absolute atomic E-state index is 0.120. The van der Waals surface area contributed by atoms with Crippen molar-refractivity contribution in [3.05, 3.63) is 47.1 Å². The number of nitrogens with one attached hydrogen (secondary N) is 2. The van der Waals surface area contributed by atoms with Crippen LogP contribution in [-0.4, -0.2) is 24.3 Å². The number of nitrogens with zero attached hydrogens (tertiary/aromatic N) is 2. The molecule has 152 valence electrons. The summed E-state index contributed by atoms with van der Waals surface area (Å²) in [6.07, 6.45) is 3.19. The van der Waals surface area contributed by atoms with Crippen LogP contribution in [0.3, 0.4) is 0 Å². The van der Waals surface area contributed by atoms with Gasteiger partial charge in [0.25, 0.3) is 0 Å². The van der Waals surface area contributed by atoms with Crippen LogP contribution in [0.2, 0.25) is 0 Å². The SMILES string of the molecule is CCNC(=NCc1cc(CC)no1)NC(C)c1ccc(OCC2CC2)c(F)c1. The molecule has 1 atom stereocenters. The van der Waals surface area contributed by atoms with E-state index in [2.05, 4.69) is 20.8 Å². The smallest absolute Gasteiger partial charge is 0.192 e. The van der Waals surface area contributed by atoms with Crippen molar-refractivity contribution in [3.63, 3.8) is 0 Å². The quantitative estimate of drug-likeness (QED) is 0.502. The van der Waals surface area contributed by atoms with Crippen LogP contribution in [0.4, 0.5) is 4.39 Å². The van der Waals surface area contributed by atoms with E-state index in [0.29, 0.717) is 36.5 Å². The molecule has 1 saturated carbocycles. The first-order valence-corrected chi connectivity index (χ1v) is 10.0. The molecule has 0 radical (unpaired) electrons. The van der Waals surface area contributed by atoms with Crippen LogP contribution in [0.15, 0.2) is 33.8 Å². The zero-order valence-electron chi connectivity index (χ0n) is 16.8. The number of rotatable bonds is 9. The van der Waals surface area contributed by atoms with Crippen molar-refractivity contribution >= 4 is 5.96 Å². The molecule has 2 N–H and O–H groups in total. The molecule has 1 heterocycles. The molecule has 0 amide bonds. The lowest BCUT2D eigenvalue weighted by Gasteiger charge is -2.18. The standard InChI is InChI=1S/C21H29FN4O2/c1-4-17-11-18(28-26-17)12-24-21(23-5-2)25-14(3)16-8-9-20(19(22)10-16)27-13-15-6-7-15/h8-11,14-15H,4-7,12-13H2,1-3H3,(H2,23,24,25). The third kappa shape index (κ3) is 5.71. The lowest BCUT2D eigenvalue weighted by molar-refractivity contribution is 0.285. The zero-order chi connectivity index (χ0) is 19.9. The lowest BCUT2D eigenvalue weighted by Crippen LogP contribution is -2.38. The van der Waals surface area contributed by atoms with E-state index >= 15 is 0 Å². The summed E-state index contributed by atoms with van der Waals surface area (Å²) in [4.78, 5) is 4.53. The number of ether oxygens (including phenoxy) is 1. The second-order valence-electron chi connectivity index (χ2n) is 7.14. The second-order valence-corrected chi connectivity index (χ2v) is 7.14. The van der Waals surface area contributed by atoms with Crippen molar-refractivity contribution in [3.8, 4) is 5.75 Å². The number of halogens is 1. The van der Waals surface area contributed by atoms with E-state index in [9.17, 15) is 4.39 Å². The Labute approximate surface area is 165 Å². The molecule has 3 rings (SSSR count). The van der Waals surface area contributed by atoms with E-state index in [4.69, 9.17) is 9.26 Å². The third-order valence-electron chi connectivity index (χ3n) is 4.69. The van der Waals surface area contributed by atoms with Gasteiger partial charge in [-0.3, -0.25) is 0 Å². The number of aryl methyl sites for hydroxylation is 1. The highest BCUT2D eigenvalue weighted by Gasteiger charge is 2.22. The van der Waals surface area contributed by atoms with Crippen LogP contribution in [0.25, 0.3) is 0 Å². The van der Waals surface area contributed by atoms with Crippen LogP contribution in [0, 0.1) is 11.7 Å². The first kappa shape index (κ1) is 20.2. The van der Waals surface area contributed by atoms with Gasteiger partial charge in [0.15, 0.2) is 23.3 Å². The van der Waals surface area contributed by atoms with Gasteiger partial charge in [-0.05, 0) is 56.7 Å². The fourth-order valence-corrected chi connectivity index (χ4v) is 2.76. The van der Waals surface area contributed by atoms with E-state index < -0.39 is 0 Å². The summed E-state index contributed by atoms with van der Waals surface area (Å²) in [5.41, 5.74) is 1.74. The summed E-state index contributed by atoms with van der Waals surface area (Å²) in [6, 6.07) is 6.90. The van der Waals surface area contributed by atoms with Gasteiger partial charge in [-0.15, -0.1) is 0 Å². The van der Waals surface area contributed by atoms with Crippen LogP contribution >= 0.6 is 0 Å². The molecule has 2 aromatic rings. The molecular weight excluding hydrogens is 359 g/mol. The summed E-state index contributed by atoms with van der Waals surface area (Å²) < 4.78 is 25.2. The van der Waals surface area contributed by atoms with Crippen LogP contribution in [-0.2, 0) is 13.0 Å². The summed E-state index contributed by atoms with van der Waals surface area (Å²) in [5, 5.41) is 10.5. The Hall–Kier alpha value is -2.57. The molecule has 1 aliphatic carbocycles. The molecule has 1 aromatic carbocycles. The number of hydrogen-bond donors (Lipinski definition) is 2. The maximum atomic E-state index is 14.4. The predicted molar refractivity (Wildman–Crippen MR) is 107 cm³/mol. The van der Waals surface area contributed by atoms with Gasteiger partial charge >= 0.3 is 0 Å². The number of hydrogen-bond acceptors (Lipinski definition) is 4. The number of guanidine groups is 1. The Balaban J connectivity index is 1.61. The normalized spacial score (nSPS) is 15.4. The van der Waals surface area contributed by atoms with Gasteiger partial charge in [0.05, 0.1) is 18.3 Å². The Bertz CT molecular complexity index is 801. The first-order valence-electron chi connectivity index (χ1n) is 10.0. The molecule has 1 aliphatic rings. The monoisotopic (exact) mass is 388 g/mol. The molecule has 0 saturated heterocycles. The lowest BCUT2D eigenvalue weighted by atomic mass is 10.1. The van der Waals surface area contributed by atoms with Gasteiger partial charge in [0.1, 0.15) is 6.54 Å². The third-order valence-corrected chi connectivity index (χ3v) is 4.69. The molecule has 6 nitrogen and oxygen atoms in total. The minimum Gasteiger partial charge on any atom is -0.490 e. The van der Waals surface area contributed by atoms with Crippen molar-refractivity contribution in [2.45, 2.75) is 52.6 Å². The molecule has 0 spiro atoms. The maximum Gasteiger partial charge on any atom is 0.192 e. The van der Waals surface area contributed by atoms with Crippen molar-refractivity contribution in [1.82, 2.24) is 15.8 Å². The van der Waals surface area contributed by atoms with E-state index in [-0.39, 0.29) is 11.9 Å². The Morgan fingerprint density at radius 3 is 2.82 bits per heavy atom. The van der Waals surface area contributed by atoms with Gasteiger partial charge in [-0.25, -0.2) is 9.38 Å². The van der Waals surface area contributed by atoms with Gasteiger partial charge in [0.2, 0.25) is 0 Å². The van der Waals surface area contributed by atoms with Crippen LogP contribution in [0.5, 0.6) is 5.75 Å².